The average molecular weight is 380 g/mol. The number of carbonyl (C=O) groups excluding carboxylic acids is 2. The lowest BCUT2D eigenvalue weighted by molar-refractivity contribution is -0.169. The molecule has 0 radical (unpaired) electrons. The van der Waals surface area contributed by atoms with Crippen LogP contribution in [0.4, 0.5) is 0 Å². The molecule has 0 amide bonds. The van der Waals surface area contributed by atoms with Crippen molar-refractivity contribution < 1.29 is 29.0 Å². The second-order valence-electron chi connectivity index (χ2n) is 7.37. The Kier molecular flexibility index (Phi) is 7.93. The lowest BCUT2D eigenvalue weighted by Crippen LogP contribution is -2.57. The van der Waals surface area contributed by atoms with Gasteiger partial charge in [-0.3, -0.25) is 4.79 Å². The Bertz CT molecular complexity index is 656. The first kappa shape index (κ1) is 22.6. The van der Waals surface area contributed by atoms with Crippen molar-refractivity contribution in [3.8, 4) is 0 Å². The van der Waals surface area contributed by atoms with Gasteiger partial charge in [-0.25, -0.2) is 9.59 Å². The second kappa shape index (κ2) is 9.48. The van der Waals surface area contributed by atoms with E-state index in [-0.39, 0.29) is 25.9 Å². The summed E-state index contributed by atoms with van der Waals surface area (Å²) < 4.78 is 10.2. The van der Waals surface area contributed by atoms with Gasteiger partial charge in [0.1, 0.15) is 18.2 Å². The van der Waals surface area contributed by atoms with Crippen molar-refractivity contribution in [3.63, 3.8) is 0 Å². The number of esters is 2. The average Bonchev–Trinajstić information content (AvgIpc) is 2.58. The highest BCUT2D eigenvalue weighted by Gasteiger charge is 2.45. The van der Waals surface area contributed by atoms with E-state index in [1.807, 2.05) is 30.3 Å². The van der Waals surface area contributed by atoms with Crippen LogP contribution in [0.1, 0.15) is 45.6 Å². The first-order valence-corrected chi connectivity index (χ1v) is 8.67. The van der Waals surface area contributed by atoms with E-state index in [9.17, 15) is 19.5 Å². The number of hydrogen-bond donors (Lipinski definition) is 3. The van der Waals surface area contributed by atoms with Gasteiger partial charge in [-0.15, -0.1) is 0 Å². The van der Waals surface area contributed by atoms with Crippen molar-refractivity contribution in [3.05, 3.63) is 35.9 Å². The molecule has 5 N–H and O–H groups in total. The highest BCUT2D eigenvalue weighted by molar-refractivity contribution is 6.03. The molecule has 0 fully saturated rings. The minimum atomic E-state index is -2.19. The summed E-state index contributed by atoms with van der Waals surface area (Å²) in [6.45, 7) is 4.95. The molecule has 0 saturated carbocycles. The predicted octanol–water partition coefficient (Wildman–Crippen LogP) is 1.35. The number of nitrogens with two attached hydrogens (primary N) is 2. The molecule has 0 aliphatic rings. The van der Waals surface area contributed by atoms with Crippen molar-refractivity contribution in [1.29, 1.82) is 0 Å². The second-order valence-corrected chi connectivity index (χ2v) is 7.37. The lowest BCUT2D eigenvalue weighted by atomic mass is 9.92. The molecule has 0 aliphatic carbocycles. The molecular formula is C19H28N2O6. The fraction of sp³-hybridized carbons (Fsp3) is 0.526. The van der Waals surface area contributed by atoms with Gasteiger partial charge >= 0.3 is 17.9 Å². The summed E-state index contributed by atoms with van der Waals surface area (Å²) in [6.07, 6.45) is 0.0587. The fourth-order valence-electron chi connectivity index (χ4n) is 2.22. The first-order valence-electron chi connectivity index (χ1n) is 8.67. The third-order valence-corrected chi connectivity index (χ3v) is 3.76. The number of ether oxygens (including phenoxy) is 2. The van der Waals surface area contributed by atoms with E-state index in [4.69, 9.17) is 20.9 Å². The number of benzene rings is 1. The van der Waals surface area contributed by atoms with Crippen LogP contribution in [-0.2, 0) is 30.5 Å². The molecule has 8 heteroatoms. The van der Waals surface area contributed by atoms with E-state index in [1.165, 1.54) is 0 Å². The van der Waals surface area contributed by atoms with Gasteiger partial charge in [-0.2, -0.15) is 0 Å². The fourth-order valence-corrected chi connectivity index (χ4v) is 2.22. The molecule has 150 valence electrons. The maximum absolute atomic E-state index is 12.1. The van der Waals surface area contributed by atoms with E-state index in [1.54, 1.807) is 20.8 Å². The van der Waals surface area contributed by atoms with Gasteiger partial charge in [0.2, 0.25) is 5.54 Å². The Hall–Kier alpha value is -2.45. The molecule has 1 aromatic rings. The summed E-state index contributed by atoms with van der Waals surface area (Å²) in [4.78, 5) is 35.5. The molecule has 1 aromatic carbocycles. The molecule has 1 rings (SSSR count). The summed E-state index contributed by atoms with van der Waals surface area (Å²) >= 11 is 0. The monoisotopic (exact) mass is 380 g/mol. The van der Waals surface area contributed by atoms with Crippen LogP contribution < -0.4 is 11.5 Å². The van der Waals surface area contributed by atoms with E-state index in [2.05, 4.69) is 0 Å². The number of rotatable bonds is 9. The summed E-state index contributed by atoms with van der Waals surface area (Å²) in [5.41, 5.74) is 9.31. The van der Waals surface area contributed by atoms with Crippen molar-refractivity contribution in [1.82, 2.24) is 0 Å². The van der Waals surface area contributed by atoms with Crippen LogP contribution >= 0.6 is 0 Å². The molecule has 0 aliphatic heterocycles. The lowest BCUT2D eigenvalue weighted by Gasteiger charge is -2.28. The molecular weight excluding hydrogens is 352 g/mol. The Labute approximate surface area is 158 Å². The van der Waals surface area contributed by atoms with Gasteiger partial charge in [-0.05, 0) is 45.6 Å². The van der Waals surface area contributed by atoms with Gasteiger partial charge in [0.25, 0.3) is 0 Å². The number of carbonyl (C=O) groups is 3. The molecule has 2 atom stereocenters. The maximum Gasteiger partial charge on any atom is 0.338 e. The number of carboxylic acids is 1. The summed E-state index contributed by atoms with van der Waals surface area (Å²) in [5, 5.41) is 9.34. The number of hydrogen-bond acceptors (Lipinski definition) is 7. The maximum atomic E-state index is 12.1. The van der Waals surface area contributed by atoms with Gasteiger partial charge in [0.15, 0.2) is 0 Å². The highest BCUT2D eigenvalue weighted by Crippen LogP contribution is 2.19. The molecule has 0 aromatic heterocycles. The highest BCUT2D eigenvalue weighted by atomic mass is 16.6. The SMILES string of the molecule is CC(C)(C)OC(=O)[C@](N)(CCCC(N)C(=O)OCc1ccccc1)C(=O)O. The van der Waals surface area contributed by atoms with Gasteiger partial charge < -0.3 is 26.0 Å². The van der Waals surface area contributed by atoms with Crippen LogP contribution in [0, 0.1) is 0 Å². The molecule has 27 heavy (non-hydrogen) atoms. The summed E-state index contributed by atoms with van der Waals surface area (Å²) in [5.74, 6) is -3.12. The van der Waals surface area contributed by atoms with Crippen LogP contribution in [0.15, 0.2) is 30.3 Å². The largest absolute Gasteiger partial charge is 0.479 e. The zero-order chi connectivity index (χ0) is 20.7. The van der Waals surface area contributed by atoms with E-state index < -0.39 is 35.1 Å². The zero-order valence-corrected chi connectivity index (χ0v) is 15.9. The van der Waals surface area contributed by atoms with Crippen molar-refractivity contribution in [2.24, 2.45) is 11.5 Å². The first-order chi connectivity index (χ1) is 12.5. The standard InChI is InChI=1S/C19H28N2O6/c1-18(2,3)27-17(25)19(21,16(23)24)11-7-10-14(20)15(22)26-12-13-8-5-4-6-9-13/h4-6,8-9,14H,7,10-12,20-21H2,1-3H3,(H,23,24)/t14?,19-/m0/s1. The number of carboxylic acid groups (broad SMARTS) is 1. The Morgan fingerprint density at radius 1 is 1.15 bits per heavy atom. The van der Waals surface area contributed by atoms with Crippen LogP contribution in [0.3, 0.4) is 0 Å². The summed E-state index contributed by atoms with van der Waals surface area (Å²) in [6, 6.07) is 8.19. The van der Waals surface area contributed by atoms with Crippen LogP contribution in [0.5, 0.6) is 0 Å². The van der Waals surface area contributed by atoms with Crippen LogP contribution in [0.25, 0.3) is 0 Å². The van der Waals surface area contributed by atoms with Crippen molar-refractivity contribution in [2.45, 2.75) is 63.8 Å². The minimum absolute atomic E-state index is 0.0984. The quantitative estimate of drug-likeness (QED) is 0.430. The smallest absolute Gasteiger partial charge is 0.338 e. The van der Waals surface area contributed by atoms with E-state index >= 15 is 0 Å². The predicted molar refractivity (Wildman–Crippen MR) is 98.5 cm³/mol. The third kappa shape index (κ3) is 7.36. The third-order valence-electron chi connectivity index (χ3n) is 3.76. The Balaban J connectivity index is 2.53. The van der Waals surface area contributed by atoms with Gasteiger partial charge in [0.05, 0.1) is 0 Å². The molecule has 0 bridgehead atoms. The van der Waals surface area contributed by atoms with Crippen LogP contribution in [0.2, 0.25) is 0 Å². The van der Waals surface area contributed by atoms with Crippen molar-refractivity contribution >= 4 is 17.9 Å². The molecule has 8 nitrogen and oxygen atoms in total. The van der Waals surface area contributed by atoms with Gasteiger partial charge in [0, 0.05) is 0 Å². The van der Waals surface area contributed by atoms with Crippen LogP contribution in [-0.4, -0.2) is 40.2 Å². The number of aliphatic carboxylic acids is 1. The van der Waals surface area contributed by atoms with Gasteiger partial charge in [-0.1, -0.05) is 30.3 Å². The molecule has 0 spiro atoms. The van der Waals surface area contributed by atoms with E-state index in [0.29, 0.717) is 0 Å². The Morgan fingerprint density at radius 2 is 1.74 bits per heavy atom. The van der Waals surface area contributed by atoms with E-state index in [0.717, 1.165) is 5.56 Å². The Morgan fingerprint density at radius 3 is 2.26 bits per heavy atom. The van der Waals surface area contributed by atoms with Crippen molar-refractivity contribution in [2.75, 3.05) is 0 Å². The molecule has 0 heterocycles. The minimum Gasteiger partial charge on any atom is -0.479 e. The zero-order valence-electron chi connectivity index (χ0n) is 15.9. The normalized spacial score (nSPS) is 14.7. The summed E-state index contributed by atoms with van der Waals surface area (Å²) in [7, 11) is 0. The molecule has 1 unspecified atom stereocenters. The topological polar surface area (TPSA) is 142 Å². The molecule has 0 saturated heterocycles.